The number of alkyl halides is 3. The predicted molar refractivity (Wildman–Crippen MR) is 72.7 cm³/mol. The van der Waals surface area contributed by atoms with Gasteiger partial charge in [0.1, 0.15) is 0 Å². The fraction of sp³-hybridized carbons (Fsp3) is 1.00. The van der Waals surface area contributed by atoms with Crippen molar-refractivity contribution >= 4 is 10.1 Å². The van der Waals surface area contributed by atoms with Crippen molar-refractivity contribution in [3.8, 4) is 0 Å². The van der Waals surface area contributed by atoms with Crippen LogP contribution in [-0.4, -0.2) is 81.2 Å². The van der Waals surface area contributed by atoms with E-state index in [1.165, 1.54) is 26.2 Å². The zero-order chi connectivity index (χ0) is 17.4. The zero-order valence-corrected chi connectivity index (χ0v) is 13.3. The van der Waals surface area contributed by atoms with E-state index in [9.17, 15) is 13.2 Å². The molecule has 22 heavy (non-hydrogen) atoms. The number of piperazine rings is 1. The third kappa shape index (κ3) is 8.39. The molecule has 1 rings (SSSR count). The second kappa shape index (κ2) is 8.53. The van der Waals surface area contributed by atoms with Crippen molar-refractivity contribution in [3.05, 3.63) is 10.4 Å². The lowest BCUT2D eigenvalue weighted by Crippen LogP contribution is -2.56. The maximum atomic E-state index is 10.7. The second-order valence-electron chi connectivity index (χ2n) is 5.30. The van der Waals surface area contributed by atoms with Gasteiger partial charge < -0.3 is 9.04 Å². The Bertz CT molecular complexity index is 483. The number of likely N-dealkylation sites (N-methyl/N-ethyl adjacent to an activating group) is 2. The van der Waals surface area contributed by atoms with Gasteiger partial charge >= 0.3 is 5.51 Å². The number of nitrogens with zero attached hydrogens (tertiary/aromatic N) is 5. The molecule has 0 aromatic rings. The van der Waals surface area contributed by atoms with E-state index < -0.39 is 15.6 Å². The molecular weight excluding hydrogens is 327 g/mol. The summed E-state index contributed by atoms with van der Waals surface area (Å²) in [4.78, 5) is 5.13. The van der Waals surface area contributed by atoms with Gasteiger partial charge in [0.25, 0.3) is 0 Å². The minimum absolute atomic E-state index is 0.639. The first kappa shape index (κ1) is 20.9. The minimum atomic E-state index is -6.09. The van der Waals surface area contributed by atoms with Crippen molar-refractivity contribution in [2.75, 3.05) is 53.4 Å². The number of azide groups is 1. The molecule has 1 saturated heterocycles. The number of hydrogen-bond donors (Lipinski definition) is 0. The maximum absolute atomic E-state index is 10.7. The van der Waals surface area contributed by atoms with Crippen LogP contribution in [0.15, 0.2) is 5.11 Å². The summed E-state index contributed by atoms with van der Waals surface area (Å²) in [7, 11) is -1.63. The molecule has 0 bridgehead atoms. The highest BCUT2D eigenvalue weighted by Crippen LogP contribution is 2.20. The van der Waals surface area contributed by atoms with Crippen molar-refractivity contribution in [1.29, 1.82) is 0 Å². The molecule has 0 unspecified atom stereocenters. The number of quaternary nitrogens is 1. The minimum Gasteiger partial charge on any atom is -0.741 e. The average Bonchev–Trinajstić information content (AvgIpc) is 2.37. The topological polar surface area (TPSA) is 109 Å². The molecule has 130 valence electrons. The summed E-state index contributed by atoms with van der Waals surface area (Å²) < 4.78 is 60.0. The van der Waals surface area contributed by atoms with E-state index in [4.69, 9.17) is 18.5 Å². The SMILES string of the molecule is CN1CC[N+](C)(CCCN=[N+]=[N-])CC1.O=S(=O)([O-])C(F)(F)F. The third-order valence-electron chi connectivity index (χ3n) is 3.35. The van der Waals surface area contributed by atoms with Crippen LogP contribution in [0, 0.1) is 0 Å². The van der Waals surface area contributed by atoms with E-state index in [1.54, 1.807) is 0 Å². The standard InChI is InChI=1S/C9H20N5.CHF3O3S/c1-13-5-8-14(2,9-6-13)7-3-4-11-12-10;2-1(3,4)8(5,6)7/h3-9H2,1-2H3;(H,5,6,7)/q+1;/p-1. The largest absolute Gasteiger partial charge is 0.741 e. The molecule has 1 heterocycles. The number of halogens is 3. The molecule has 8 nitrogen and oxygen atoms in total. The molecule has 1 aliphatic rings. The summed E-state index contributed by atoms with van der Waals surface area (Å²) in [6.45, 7) is 6.56. The van der Waals surface area contributed by atoms with Crippen LogP contribution in [0.25, 0.3) is 10.4 Å². The lowest BCUT2D eigenvalue weighted by molar-refractivity contribution is -0.913. The van der Waals surface area contributed by atoms with Gasteiger partial charge in [-0.15, -0.1) is 0 Å². The number of rotatable bonds is 4. The van der Waals surface area contributed by atoms with Gasteiger partial charge in [0, 0.05) is 31.0 Å². The molecule has 1 fully saturated rings. The van der Waals surface area contributed by atoms with E-state index in [-0.39, 0.29) is 0 Å². The van der Waals surface area contributed by atoms with Crippen molar-refractivity contribution < 1.29 is 30.6 Å². The van der Waals surface area contributed by atoms with Gasteiger partial charge in [0.15, 0.2) is 10.1 Å². The van der Waals surface area contributed by atoms with E-state index in [1.807, 2.05) is 0 Å². The molecule has 1 aliphatic heterocycles. The molecule has 0 aromatic carbocycles. The van der Waals surface area contributed by atoms with Crippen LogP contribution in [0.5, 0.6) is 0 Å². The molecule has 0 aliphatic carbocycles. The highest BCUT2D eigenvalue weighted by Gasteiger charge is 2.36. The van der Waals surface area contributed by atoms with E-state index in [0.717, 1.165) is 17.4 Å². The summed E-state index contributed by atoms with van der Waals surface area (Å²) in [6, 6.07) is 0. The van der Waals surface area contributed by atoms with E-state index in [0.29, 0.717) is 6.54 Å². The lowest BCUT2D eigenvalue weighted by Gasteiger charge is -2.41. The fourth-order valence-corrected chi connectivity index (χ4v) is 1.84. The van der Waals surface area contributed by atoms with Crippen LogP contribution in [0.4, 0.5) is 13.2 Å². The fourth-order valence-electron chi connectivity index (χ4n) is 1.84. The summed E-state index contributed by atoms with van der Waals surface area (Å²) in [5, 5.41) is 3.56. The van der Waals surface area contributed by atoms with Gasteiger partial charge in [0.2, 0.25) is 0 Å². The van der Waals surface area contributed by atoms with Crippen LogP contribution in [0.2, 0.25) is 0 Å². The lowest BCUT2D eigenvalue weighted by atomic mass is 10.2. The van der Waals surface area contributed by atoms with E-state index in [2.05, 4.69) is 29.0 Å². The van der Waals surface area contributed by atoms with Crippen LogP contribution < -0.4 is 0 Å². The first-order chi connectivity index (χ1) is 9.91. The molecular formula is C10H20F3N5O3S. The Hall–Kier alpha value is -1.07. The normalized spacial score (nSPS) is 18.8. The summed E-state index contributed by atoms with van der Waals surface area (Å²) in [5.41, 5.74) is 2.50. The van der Waals surface area contributed by atoms with Gasteiger partial charge in [0.05, 0.1) is 26.7 Å². The van der Waals surface area contributed by atoms with Gasteiger partial charge in [-0.05, 0) is 12.6 Å². The molecule has 0 N–H and O–H groups in total. The Labute approximate surface area is 127 Å². The summed E-state index contributed by atoms with van der Waals surface area (Å²) in [6.07, 6.45) is 1.00. The first-order valence-electron chi connectivity index (χ1n) is 6.46. The molecule has 0 amide bonds. The van der Waals surface area contributed by atoms with Crippen LogP contribution in [-0.2, 0) is 10.1 Å². The summed E-state index contributed by atoms with van der Waals surface area (Å²) >= 11 is 0. The molecule has 0 atom stereocenters. The van der Waals surface area contributed by atoms with Gasteiger partial charge in [-0.25, -0.2) is 8.42 Å². The van der Waals surface area contributed by atoms with Gasteiger partial charge in [-0.1, -0.05) is 5.11 Å². The Balaban J connectivity index is 0.000000472. The molecule has 0 saturated carbocycles. The monoisotopic (exact) mass is 347 g/mol. The van der Waals surface area contributed by atoms with Crippen molar-refractivity contribution in [3.63, 3.8) is 0 Å². The molecule has 0 radical (unpaired) electrons. The van der Waals surface area contributed by atoms with Crippen molar-refractivity contribution in [2.45, 2.75) is 11.9 Å². The highest BCUT2D eigenvalue weighted by molar-refractivity contribution is 7.86. The molecule has 0 spiro atoms. The smallest absolute Gasteiger partial charge is 0.485 e. The van der Waals surface area contributed by atoms with Crippen LogP contribution in [0.3, 0.4) is 0 Å². The average molecular weight is 347 g/mol. The quantitative estimate of drug-likeness (QED) is 0.144. The van der Waals surface area contributed by atoms with Crippen molar-refractivity contribution in [1.82, 2.24) is 4.90 Å². The van der Waals surface area contributed by atoms with Crippen LogP contribution >= 0.6 is 0 Å². The summed E-state index contributed by atoms with van der Waals surface area (Å²) in [5.74, 6) is 0. The van der Waals surface area contributed by atoms with Gasteiger partial charge in [-0.2, -0.15) is 13.2 Å². The van der Waals surface area contributed by atoms with Crippen molar-refractivity contribution in [2.24, 2.45) is 5.11 Å². The number of hydrogen-bond acceptors (Lipinski definition) is 5. The predicted octanol–water partition coefficient (Wildman–Crippen LogP) is 1.13. The Morgan fingerprint density at radius 2 is 1.82 bits per heavy atom. The maximum Gasteiger partial charge on any atom is 0.485 e. The zero-order valence-electron chi connectivity index (χ0n) is 12.5. The van der Waals surface area contributed by atoms with Gasteiger partial charge in [-0.3, -0.25) is 4.90 Å². The Morgan fingerprint density at radius 3 is 2.18 bits per heavy atom. The second-order valence-corrected chi connectivity index (χ2v) is 6.67. The first-order valence-corrected chi connectivity index (χ1v) is 7.87. The Morgan fingerprint density at radius 1 is 1.36 bits per heavy atom. The Kier molecular flexibility index (Phi) is 8.12. The highest BCUT2D eigenvalue weighted by atomic mass is 32.2. The third-order valence-corrected chi connectivity index (χ3v) is 3.91. The van der Waals surface area contributed by atoms with Crippen LogP contribution in [0.1, 0.15) is 6.42 Å². The molecule has 0 aromatic heterocycles. The molecule has 12 heteroatoms. The van der Waals surface area contributed by atoms with E-state index >= 15 is 0 Å².